The zero-order valence-electron chi connectivity index (χ0n) is 7.66. The second-order valence-electron chi connectivity index (χ2n) is 3.34. The van der Waals surface area contributed by atoms with Crippen LogP contribution in [0.25, 0.3) is 0 Å². The molecule has 1 amide bonds. The monoisotopic (exact) mass is 209 g/mol. The highest BCUT2D eigenvalue weighted by atomic mass is 19.1. The van der Waals surface area contributed by atoms with Gasteiger partial charge in [-0.3, -0.25) is 9.59 Å². The van der Waals surface area contributed by atoms with E-state index in [0.717, 1.165) is 0 Å². The Hall–Kier alpha value is -1.91. The van der Waals surface area contributed by atoms with Gasteiger partial charge in [-0.1, -0.05) is 12.1 Å². The van der Waals surface area contributed by atoms with Crippen LogP contribution in [0.15, 0.2) is 18.2 Å². The minimum absolute atomic E-state index is 0.105. The zero-order chi connectivity index (χ0) is 11.0. The Morgan fingerprint density at radius 2 is 2.27 bits per heavy atom. The summed E-state index contributed by atoms with van der Waals surface area (Å²) in [6, 6.07) is 4.25. The number of hydrogen-bond acceptors (Lipinski definition) is 2. The van der Waals surface area contributed by atoms with Gasteiger partial charge in [0, 0.05) is 0 Å². The zero-order valence-corrected chi connectivity index (χ0v) is 7.66. The predicted octanol–water partition coefficient (Wildman–Crippen LogP) is 1.34. The first-order chi connectivity index (χ1) is 7.09. The van der Waals surface area contributed by atoms with E-state index in [9.17, 15) is 14.0 Å². The quantitative estimate of drug-likeness (QED) is 0.772. The molecule has 2 rings (SSSR count). The molecule has 78 valence electrons. The summed E-state index contributed by atoms with van der Waals surface area (Å²) < 4.78 is 13.2. The molecule has 0 radical (unpaired) electrons. The average Bonchev–Trinajstić information content (AvgIpc) is 2.45. The second-order valence-corrected chi connectivity index (χ2v) is 3.34. The summed E-state index contributed by atoms with van der Waals surface area (Å²) in [5.74, 6) is -2.85. The van der Waals surface area contributed by atoms with E-state index in [0.29, 0.717) is 5.56 Å². The number of rotatable bonds is 2. The van der Waals surface area contributed by atoms with Crippen molar-refractivity contribution in [3.63, 3.8) is 0 Å². The van der Waals surface area contributed by atoms with Crippen molar-refractivity contribution in [3.05, 3.63) is 29.6 Å². The van der Waals surface area contributed by atoms with E-state index in [2.05, 4.69) is 5.32 Å². The highest BCUT2D eigenvalue weighted by Gasteiger charge is 2.33. The van der Waals surface area contributed by atoms with Crippen LogP contribution in [0.1, 0.15) is 17.9 Å². The summed E-state index contributed by atoms with van der Waals surface area (Å²) in [6.45, 7) is 0. The molecule has 1 aliphatic heterocycles. The summed E-state index contributed by atoms with van der Waals surface area (Å²) >= 11 is 0. The molecule has 0 aliphatic carbocycles. The lowest BCUT2D eigenvalue weighted by Gasteiger charge is -2.04. The Labute approximate surface area is 84.7 Å². The van der Waals surface area contributed by atoms with E-state index >= 15 is 0 Å². The van der Waals surface area contributed by atoms with E-state index in [1.54, 1.807) is 6.07 Å². The lowest BCUT2D eigenvalue weighted by atomic mass is 9.97. The van der Waals surface area contributed by atoms with Crippen LogP contribution in [-0.4, -0.2) is 17.0 Å². The largest absolute Gasteiger partial charge is 0.481 e. The number of carbonyl (C=O) groups is 2. The van der Waals surface area contributed by atoms with Crippen molar-refractivity contribution < 1.29 is 19.1 Å². The Morgan fingerprint density at radius 1 is 1.53 bits per heavy atom. The Kier molecular flexibility index (Phi) is 2.15. The summed E-state index contributed by atoms with van der Waals surface area (Å²) in [5.41, 5.74) is 0.524. The van der Waals surface area contributed by atoms with Crippen molar-refractivity contribution in [2.75, 3.05) is 5.32 Å². The number of anilines is 1. The molecule has 4 nitrogen and oxygen atoms in total. The van der Waals surface area contributed by atoms with Crippen molar-refractivity contribution in [2.24, 2.45) is 0 Å². The number of fused-ring (bicyclic) bond motifs is 1. The van der Waals surface area contributed by atoms with Crippen molar-refractivity contribution in [1.29, 1.82) is 0 Å². The number of carboxylic acid groups (broad SMARTS) is 1. The van der Waals surface area contributed by atoms with Gasteiger partial charge >= 0.3 is 5.97 Å². The van der Waals surface area contributed by atoms with Crippen LogP contribution in [0, 0.1) is 5.82 Å². The van der Waals surface area contributed by atoms with E-state index < -0.39 is 23.6 Å². The minimum Gasteiger partial charge on any atom is -0.481 e. The first-order valence-corrected chi connectivity index (χ1v) is 4.40. The summed E-state index contributed by atoms with van der Waals surface area (Å²) in [6.07, 6.45) is -0.317. The maximum absolute atomic E-state index is 13.2. The molecule has 1 aliphatic rings. The van der Waals surface area contributed by atoms with Crippen molar-refractivity contribution in [1.82, 2.24) is 0 Å². The third kappa shape index (κ3) is 1.56. The van der Waals surface area contributed by atoms with E-state index in [-0.39, 0.29) is 12.1 Å². The molecule has 0 spiro atoms. The smallest absolute Gasteiger partial charge is 0.304 e. The van der Waals surface area contributed by atoms with E-state index in [4.69, 9.17) is 5.11 Å². The van der Waals surface area contributed by atoms with Crippen LogP contribution in [0.2, 0.25) is 0 Å². The van der Waals surface area contributed by atoms with Gasteiger partial charge in [-0.25, -0.2) is 4.39 Å². The summed E-state index contributed by atoms with van der Waals surface area (Å²) in [7, 11) is 0. The number of halogens is 1. The molecule has 1 aromatic carbocycles. The fourth-order valence-electron chi connectivity index (χ4n) is 1.69. The van der Waals surface area contributed by atoms with Crippen LogP contribution in [0.3, 0.4) is 0 Å². The molecule has 0 saturated heterocycles. The molecule has 0 saturated carbocycles. The number of hydrogen-bond donors (Lipinski definition) is 2. The third-order valence-corrected chi connectivity index (χ3v) is 2.36. The normalized spacial score (nSPS) is 18.5. The van der Waals surface area contributed by atoms with Crippen LogP contribution in [-0.2, 0) is 9.59 Å². The fraction of sp³-hybridized carbons (Fsp3) is 0.200. The predicted molar refractivity (Wildman–Crippen MR) is 50.0 cm³/mol. The van der Waals surface area contributed by atoms with Gasteiger partial charge in [0.2, 0.25) is 5.91 Å². The van der Waals surface area contributed by atoms with Crippen LogP contribution >= 0.6 is 0 Å². The third-order valence-electron chi connectivity index (χ3n) is 2.36. The minimum atomic E-state index is -1.08. The average molecular weight is 209 g/mol. The van der Waals surface area contributed by atoms with E-state index in [1.165, 1.54) is 12.1 Å². The van der Waals surface area contributed by atoms with Crippen LogP contribution in [0.4, 0.5) is 10.1 Å². The molecule has 1 atom stereocenters. The lowest BCUT2D eigenvalue weighted by Crippen LogP contribution is -2.15. The van der Waals surface area contributed by atoms with Gasteiger partial charge in [0.15, 0.2) is 0 Å². The van der Waals surface area contributed by atoms with Gasteiger partial charge in [0.05, 0.1) is 18.0 Å². The molecule has 1 heterocycles. The summed E-state index contributed by atoms with van der Waals surface area (Å²) in [5, 5.41) is 11.0. The van der Waals surface area contributed by atoms with Gasteiger partial charge in [0.1, 0.15) is 5.82 Å². The topological polar surface area (TPSA) is 66.4 Å². The van der Waals surface area contributed by atoms with Crippen molar-refractivity contribution in [2.45, 2.75) is 12.3 Å². The number of amides is 1. The van der Waals surface area contributed by atoms with Gasteiger partial charge < -0.3 is 10.4 Å². The number of carboxylic acids is 1. The Morgan fingerprint density at radius 3 is 2.93 bits per heavy atom. The maximum Gasteiger partial charge on any atom is 0.304 e. The van der Waals surface area contributed by atoms with E-state index in [1.807, 2.05) is 0 Å². The number of benzene rings is 1. The number of para-hydroxylation sites is 1. The van der Waals surface area contributed by atoms with Gasteiger partial charge in [0.25, 0.3) is 0 Å². The fourth-order valence-corrected chi connectivity index (χ4v) is 1.69. The molecule has 15 heavy (non-hydrogen) atoms. The molecule has 0 unspecified atom stereocenters. The lowest BCUT2D eigenvalue weighted by molar-refractivity contribution is -0.138. The highest BCUT2D eigenvalue weighted by Crippen LogP contribution is 2.36. The number of aliphatic carboxylic acids is 1. The highest BCUT2D eigenvalue weighted by molar-refractivity contribution is 6.04. The number of nitrogens with one attached hydrogen (secondary N) is 1. The molecule has 1 aromatic rings. The number of carbonyl (C=O) groups excluding carboxylic acids is 1. The molecule has 0 fully saturated rings. The molecule has 2 N–H and O–H groups in total. The molecule has 0 aromatic heterocycles. The van der Waals surface area contributed by atoms with Gasteiger partial charge in [-0.2, -0.15) is 0 Å². The standard InChI is InChI=1S/C10H8FNO3/c11-7-3-1-2-5-6(4-8(13)14)10(15)12-9(5)7/h1-3,6H,4H2,(H,12,15)(H,13,14)/t6-/m1/s1. The molecular formula is C10H8FNO3. The summed E-state index contributed by atoms with van der Waals surface area (Å²) in [4.78, 5) is 21.9. The first kappa shape index (κ1) is 9.64. The molecule has 5 heteroatoms. The van der Waals surface area contributed by atoms with Crippen LogP contribution < -0.4 is 5.32 Å². The Bertz CT molecular complexity index is 444. The van der Waals surface area contributed by atoms with Gasteiger partial charge in [-0.05, 0) is 11.6 Å². The van der Waals surface area contributed by atoms with Crippen molar-refractivity contribution in [3.8, 4) is 0 Å². The van der Waals surface area contributed by atoms with Crippen LogP contribution in [0.5, 0.6) is 0 Å². The first-order valence-electron chi connectivity index (χ1n) is 4.40. The van der Waals surface area contributed by atoms with Gasteiger partial charge in [-0.15, -0.1) is 0 Å². The Balaban J connectivity index is 2.41. The second kappa shape index (κ2) is 3.34. The SMILES string of the molecule is O=C(O)C[C@H]1C(=O)Nc2c(F)cccc21. The maximum atomic E-state index is 13.2. The van der Waals surface area contributed by atoms with Crippen molar-refractivity contribution >= 4 is 17.6 Å². The molecular weight excluding hydrogens is 201 g/mol. The molecule has 0 bridgehead atoms.